The number of aliphatic hydroxyl groups excluding tert-OH is 1. The fourth-order valence-corrected chi connectivity index (χ4v) is 1.25. The maximum Gasteiger partial charge on any atom is 0.279 e. The summed E-state index contributed by atoms with van der Waals surface area (Å²) in [5.41, 5.74) is 0.211. The lowest BCUT2D eigenvalue weighted by atomic mass is 10.2. The van der Waals surface area contributed by atoms with Crippen LogP contribution in [0.4, 0.5) is 13.2 Å². The first-order valence-electron chi connectivity index (χ1n) is 3.40. The number of halogens is 3. The zero-order valence-corrected chi connectivity index (χ0v) is 7.31. The fourth-order valence-electron chi connectivity index (χ4n) is 0.766. The minimum absolute atomic E-state index is 0.211. The van der Waals surface area contributed by atoms with Crippen LogP contribution in [0.5, 0.6) is 0 Å². The Hall–Kier alpha value is -0.810. The highest BCUT2D eigenvalue weighted by atomic mass is 32.1. The summed E-state index contributed by atoms with van der Waals surface area (Å²) >= 11 is -0.459. The molecule has 0 bridgehead atoms. The van der Waals surface area contributed by atoms with E-state index in [9.17, 15) is 13.2 Å². The van der Waals surface area contributed by atoms with Crippen molar-refractivity contribution in [2.75, 3.05) is 0 Å². The van der Waals surface area contributed by atoms with E-state index in [2.05, 4.69) is 0 Å². The molecule has 1 aromatic carbocycles. The zero-order chi connectivity index (χ0) is 9.84. The lowest BCUT2D eigenvalue weighted by Crippen LogP contribution is -1.97. The number of thiol groups is 1. The fraction of sp³-hybridized carbons (Fsp3) is 0.125. The summed E-state index contributed by atoms with van der Waals surface area (Å²) in [4.78, 5) is 0. The van der Waals surface area contributed by atoms with Crippen LogP contribution in [0.15, 0.2) is 24.3 Å². The lowest BCUT2D eigenvalue weighted by molar-refractivity contribution is 0.254. The van der Waals surface area contributed by atoms with Crippen molar-refractivity contribution in [1.29, 1.82) is 0 Å². The molecule has 0 atom stereocenters. The molecule has 1 N–H and O–H groups in total. The predicted molar refractivity (Wildman–Crippen MR) is 48.1 cm³/mol. The van der Waals surface area contributed by atoms with Gasteiger partial charge in [-0.25, -0.2) is 4.39 Å². The molecule has 72 valence electrons. The first-order chi connectivity index (χ1) is 6.09. The summed E-state index contributed by atoms with van der Waals surface area (Å²) in [6.07, 6.45) is 0. The third-order valence-corrected chi connectivity index (χ3v) is 2.02. The second kappa shape index (κ2) is 4.43. The molecule has 0 unspecified atom stereocenters. The van der Waals surface area contributed by atoms with Gasteiger partial charge < -0.3 is 5.11 Å². The Morgan fingerprint density at radius 2 is 1.77 bits per heavy atom. The van der Waals surface area contributed by atoms with E-state index in [1.165, 1.54) is 12.1 Å². The highest BCUT2D eigenvalue weighted by molar-refractivity contribution is 7.99. The molecular formula is C8H7F3OS. The third-order valence-electron chi connectivity index (χ3n) is 1.32. The van der Waals surface area contributed by atoms with Crippen LogP contribution in [0.3, 0.4) is 0 Å². The molecule has 13 heavy (non-hydrogen) atoms. The van der Waals surface area contributed by atoms with Crippen LogP contribution < -0.4 is 0 Å². The molecule has 0 heterocycles. The Morgan fingerprint density at radius 1 is 1.23 bits per heavy atom. The highest BCUT2D eigenvalue weighted by Crippen LogP contribution is 2.11. The average Bonchev–Trinajstić information content (AvgIpc) is 2.04. The van der Waals surface area contributed by atoms with Gasteiger partial charge in [0.25, 0.3) is 5.76 Å². The Balaban J connectivity index is 2.89. The van der Waals surface area contributed by atoms with Crippen LogP contribution in [-0.4, -0.2) is 15.9 Å². The van der Waals surface area contributed by atoms with E-state index in [0.29, 0.717) is 0 Å². The molecular weight excluding hydrogens is 201 g/mol. The van der Waals surface area contributed by atoms with E-state index in [4.69, 9.17) is 5.11 Å². The Bertz CT molecular complexity index is 308. The van der Waals surface area contributed by atoms with Gasteiger partial charge in [0.05, 0.1) is 0 Å². The van der Waals surface area contributed by atoms with Gasteiger partial charge in [0.15, 0.2) is 0 Å². The predicted octanol–water partition coefficient (Wildman–Crippen LogP) is 2.55. The van der Waals surface area contributed by atoms with Crippen molar-refractivity contribution in [2.24, 2.45) is 0 Å². The largest absolute Gasteiger partial charge is 0.355 e. The van der Waals surface area contributed by atoms with Crippen molar-refractivity contribution in [1.82, 2.24) is 0 Å². The molecule has 1 nitrogen and oxygen atoms in total. The van der Waals surface area contributed by atoms with Gasteiger partial charge in [-0.15, -0.1) is 11.4 Å². The molecule has 0 spiro atoms. The number of benzene rings is 1. The Morgan fingerprint density at radius 3 is 2.23 bits per heavy atom. The first-order valence-corrected chi connectivity index (χ1v) is 4.37. The zero-order valence-electron chi connectivity index (χ0n) is 6.42. The topological polar surface area (TPSA) is 20.2 Å². The van der Waals surface area contributed by atoms with Crippen molar-refractivity contribution in [3.8, 4) is 0 Å². The van der Waals surface area contributed by atoms with E-state index in [0.717, 1.165) is 12.1 Å². The van der Waals surface area contributed by atoms with Crippen molar-refractivity contribution in [3.63, 3.8) is 0 Å². The van der Waals surface area contributed by atoms with Gasteiger partial charge in [0.1, 0.15) is 10.9 Å². The van der Waals surface area contributed by atoms with E-state index in [1.807, 2.05) is 0 Å². The van der Waals surface area contributed by atoms with Gasteiger partial charge in [-0.3, -0.25) is 0 Å². The summed E-state index contributed by atoms with van der Waals surface area (Å²) < 4.78 is 35.9. The molecule has 0 amide bonds. The van der Waals surface area contributed by atoms with Gasteiger partial charge >= 0.3 is 0 Å². The Kier molecular flexibility index (Phi) is 3.50. The minimum atomic E-state index is -2.62. The van der Waals surface area contributed by atoms with Gasteiger partial charge in [-0.05, 0) is 24.3 Å². The highest BCUT2D eigenvalue weighted by Gasteiger charge is 2.02. The lowest BCUT2D eigenvalue weighted by Gasteiger charge is -1.99. The van der Waals surface area contributed by atoms with Crippen molar-refractivity contribution in [3.05, 3.63) is 35.6 Å². The maximum absolute atomic E-state index is 12.4. The summed E-state index contributed by atoms with van der Waals surface area (Å²) in [6, 6.07) is 4.71. The number of rotatable bonds is 2. The van der Waals surface area contributed by atoms with E-state index >= 15 is 0 Å². The summed E-state index contributed by atoms with van der Waals surface area (Å²) in [7, 11) is 0. The molecule has 0 saturated heterocycles. The van der Waals surface area contributed by atoms with Crippen LogP contribution in [-0.2, 0) is 0 Å². The average molecular weight is 208 g/mol. The smallest absolute Gasteiger partial charge is 0.279 e. The summed E-state index contributed by atoms with van der Waals surface area (Å²) in [5.74, 6) is -3.09. The van der Waals surface area contributed by atoms with Crippen molar-refractivity contribution >= 4 is 16.4 Å². The van der Waals surface area contributed by atoms with Crippen LogP contribution in [0.1, 0.15) is 5.56 Å². The molecule has 5 heteroatoms. The molecule has 0 fully saturated rings. The number of hydrogen-bond donors (Lipinski definition) is 2. The van der Waals surface area contributed by atoms with Crippen LogP contribution in [0.2, 0.25) is 0 Å². The summed E-state index contributed by atoms with van der Waals surface area (Å²) in [5, 5.41) is 8.63. The van der Waals surface area contributed by atoms with Gasteiger partial charge in [-0.2, -0.15) is 8.78 Å². The molecule has 0 aliphatic carbocycles. The quantitative estimate of drug-likeness (QED) is 0.565. The van der Waals surface area contributed by atoms with Crippen LogP contribution in [0, 0.1) is 5.82 Å². The molecule has 0 aromatic heterocycles. The third kappa shape index (κ3) is 3.20. The standard InChI is InChI=1S/C8H7F3OS/c9-6-3-1-5(2-4-6)7(12)13-8(10)11/h1-4,8,12-13H. The van der Waals surface area contributed by atoms with E-state index in [-0.39, 0.29) is 5.56 Å². The monoisotopic (exact) mass is 208 g/mol. The number of aliphatic hydroxyl groups is 1. The Labute approximate surface area is 76.8 Å². The van der Waals surface area contributed by atoms with Crippen LogP contribution in [0.25, 0.3) is 0 Å². The van der Waals surface area contributed by atoms with Gasteiger partial charge in [0.2, 0.25) is 0 Å². The normalized spacial score (nSPS) is 12.8. The minimum Gasteiger partial charge on any atom is -0.355 e. The molecule has 0 aliphatic rings. The first kappa shape index (κ1) is 10.3. The van der Waals surface area contributed by atoms with E-state index in [1.54, 1.807) is 0 Å². The second-order valence-corrected chi connectivity index (χ2v) is 3.31. The molecule has 1 aromatic rings. The second-order valence-electron chi connectivity index (χ2n) is 2.24. The summed E-state index contributed by atoms with van der Waals surface area (Å²) in [6.45, 7) is 0. The van der Waals surface area contributed by atoms with E-state index < -0.39 is 28.0 Å². The van der Waals surface area contributed by atoms with Crippen LogP contribution >= 0.6 is 11.4 Å². The van der Waals surface area contributed by atoms with Gasteiger partial charge in [0, 0.05) is 5.56 Å². The van der Waals surface area contributed by atoms with Gasteiger partial charge in [-0.1, -0.05) is 0 Å². The number of alkyl halides is 2. The van der Waals surface area contributed by atoms with Crippen molar-refractivity contribution < 1.29 is 18.3 Å². The molecule has 1 rings (SSSR count). The van der Waals surface area contributed by atoms with Crippen molar-refractivity contribution in [2.45, 2.75) is 5.76 Å². The number of hydrogen-bond acceptors (Lipinski definition) is 0. The molecule has 0 saturated carbocycles. The molecule has 0 radical (unpaired) electrons. The SMILES string of the molecule is OC(=[SH]C(F)F)c1ccc(F)cc1. The maximum atomic E-state index is 12.4. The molecule has 0 aliphatic heterocycles.